The number of para-hydroxylation sites is 2. The van der Waals surface area contributed by atoms with E-state index in [1.807, 2.05) is 36.4 Å². The van der Waals surface area contributed by atoms with Crippen molar-refractivity contribution in [2.24, 2.45) is 0 Å². The largest absolute Gasteiger partial charge is 0.478 e. The fourth-order valence-electron chi connectivity index (χ4n) is 4.27. The van der Waals surface area contributed by atoms with E-state index in [1.165, 1.54) is 0 Å². The van der Waals surface area contributed by atoms with Crippen LogP contribution >= 0.6 is 0 Å². The Hall–Kier alpha value is -4.26. The number of ether oxygens (including phenoxy) is 3. The molecule has 7 heteroatoms. The molecule has 4 aromatic rings. The Morgan fingerprint density at radius 3 is 2.56 bits per heavy atom. The van der Waals surface area contributed by atoms with Gasteiger partial charge in [-0.3, -0.25) is 4.79 Å². The van der Waals surface area contributed by atoms with E-state index in [1.54, 1.807) is 36.4 Å². The smallest absolute Gasteiger partial charge is 0.344 e. The first-order chi connectivity index (χ1) is 15.7. The fraction of sp³-hybridized carbons (Fsp3) is 0.120. The van der Waals surface area contributed by atoms with Gasteiger partial charge < -0.3 is 23.9 Å². The van der Waals surface area contributed by atoms with Gasteiger partial charge in [0.1, 0.15) is 11.3 Å². The third-order valence-corrected chi connectivity index (χ3v) is 5.71. The van der Waals surface area contributed by atoms with E-state index in [2.05, 4.69) is 5.32 Å². The molecule has 0 fully saturated rings. The van der Waals surface area contributed by atoms with Crippen LogP contribution < -0.4 is 25.2 Å². The predicted molar refractivity (Wildman–Crippen MR) is 116 cm³/mol. The number of anilines is 1. The van der Waals surface area contributed by atoms with Gasteiger partial charge in [-0.25, -0.2) is 4.79 Å². The SMILES string of the molecule is O=C(Nc1ccccc1)[C@H]1Oc2c(c(=O)oc3ccccc23)[C@@H]1c1ccc2c(c1)OCO2. The number of hydrogen-bond acceptors (Lipinski definition) is 6. The van der Waals surface area contributed by atoms with Gasteiger partial charge in [0.2, 0.25) is 6.79 Å². The fourth-order valence-corrected chi connectivity index (χ4v) is 4.27. The maximum atomic E-state index is 13.3. The van der Waals surface area contributed by atoms with Gasteiger partial charge in [0, 0.05) is 5.69 Å². The molecule has 0 radical (unpaired) electrons. The summed E-state index contributed by atoms with van der Waals surface area (Å²) < 4.78 is 22.7. The average Bonchev–Trinajstić information content (AvgIpc) is 3.45. The van der Waals surface area contributed by atoms with Crippen LogP contribution in [0, 0.1) is 0 Å². The van der Waals surface area contributed by atoms with Crippen LogP contribution in [0.5, 0.6) is 17.2 Å². The molecule has 2 aliphatic heterocycles. The summed E-state index contributed by atoms with van der Waals surface area (Å²) in [4.78, 5) is 26.4. The number of amides is 1. The minimum absolute atomic E-state index is 0.126. The first-order valence-corrected chi connectivity index (χ1v) is 10.2. The lowest BCUT2D eigenvalue weighted by Gasteiger charge is -2.19. The summed E-state index contributed by atoms with van der Waals surface area (Å²) in [6.45, 7) is 0.126. The van der Waals surface area contributed by atoms with Crippen molar-refractivity contribution < 1.29 is 23.4 Å². The molecular weight excluding hydrogens is 410 g/mol. The van der Waals surface area contributed by atoms with Crippen LogP contribution in [-0.4, -0.2) is 18.8 Å². The second kappa shape index (κ2) is 7.16. The Kier molecular flexibility index (Phi) is 4.14. The number of carbonyl (C=O) groups is 1. The lowest BCUT2D eigenvalue weighted by atomic mass is 9.88. The maximum absolute atomic E-state index is 13.3. The Morgan fingerprint density at radius 1 is 0.906 bits per heavy atom. The molecule has 0 aliphatic carbocycles. The second-order valence-electron chi connectivity index (χ2n) is 7.61. The second-order valence-corrected chi connectivity index (χ2v) is 7.61. The molecule has 7 nitrogen and oxygen atoms in total. The number of fused-ring (bicyclic) bond motifs is 4. The predicted octanol–water partition coefficient (Wildman–Crippen LogP) is 4.05. The van der Waals surface area contributed by atoms with Crippen LogP contribution in [0.25, 0.3) is 11.0 Å². The molecule has 1 N–H and O–H groups in total. The molecule has 0 spiro atoms. The Morgan fingerprint density at radius 2 is 1.69 bits per heavy atom. The van der Waals surface area contributed by atoms with Crippen molar-refractivity contribution in [3.8, 4) is 17.2 Å². The van der Waals surface area contributed by atoms with E-state index < -0.39 is 17.6 Å². The average molecular weight is 427 g/mol. The van der Waals surface area contributed by atoms with Crippen LogP contribution in [0.2, 0.25) is 0 Å². The molecule has 0 saturated heterocycles. The summed E-state index contributed by atoms with van der Waals surface area (Å²) in [6, 6.07) is 21.6. The van der Waals surface area contributed by atoms with Crippen molar-refractivity contribution in [3.63, 3.8) is 0 Å². The number of carbonyl (C=O) groups excluding carboxylic acids is 1. The molecule has 6 rings (SSSR count). The van der Waals surface area contributed by atoms with E-state index in [0.29, 0.717) is 45.0 Å². The van der Waals surface area contributed by atoms with E-state index in [9.17, 15) is 9.59 Å². The van der Waals surface area contributed by atoms with Gasteiger partial charge >= 0.3 is 5.63 Å². The Balaban J connectivity index is 1.50. The molecule has 0 unspecified atom stereocenters. The number of rotatable bonds is 3. The lowest BCUT2D eigenvalue weighted by molar-refractivity contribution is -0.122. The zero-order valence-corrected chi connectivity index (χ0v) is 16.7. The Labute approximate surface area is 182 Å². The molecule has 0 bridgehead atoms. The summed E-state index contributed by atoms with van der Waals surface area (Å²) in [5.74, 6) is 0.502. The van der Waals surface area contributed by atoms with Crippen molar-refractivity contribution in [2.45, 2.75) is 12.0 Å². The van der Waals surface area contributed by atoms with Gasteiger partial charge in [-0.05, 0) is 42.0 Å². The van der Waals surface area contributed by atoms with E-state index >= 15 is 0 Å². The van der Waals surface area contributed by atoms with Gasteiger partial charge in [0.15, 0.2) is 17.6 Å². The molecule has 3 aromatic carbocycles. The highest BCUT2D eigenvalue weighted by Crippen LogP contribution is 2.46. The number of nitrogens with one attached hydrogen (secondary N) is 1. The van der Waals surface area contributed by atoms with Gasteiger partial charge in [0.05, 0.1) is 16.9 Å². The molecule has 1 aromatic heterocycles. The van der Waals surface area contributed by atoms with Crippen LogP contribution in [0.4, 0.5) is 5.69 Å². The zero-order valence-electron chi connectivity index (χ0n) is 16.7. The van der Waals surface area contributed by atoms with Crippen molar-refractivity contribution in [2.75, 3.05) is 12.1 Å². The van der Waals surface area contributed by atoms with Gasteiger partial charge in [0.25, 0.3) is 5.91 Å². The first kappa shape index (κ1) is 18.5. The van der Waals surface area contributed by atoms with Crippen molar-refractivity contribution in [1.29, 1.82) is 0 Å². The highest BCUT2D eigenvalue weighted by molar-refractivity contribution is 5.97. The first-order valence-electron chi connectivity index (χ1n) is 10.2. The Bertz CT molecular complexity index is 1410. The van der Waals surface area contributed by atoms with Gasteiger partial charge in [-0.15, -0.1) is 0 Å². The van der Waals surface area contributed by atoms with Gasteiger partial charge in [-0.2, -0.15) is 0 Å². The number of hydrogen-bond donors (Lipinski definition) is 1. The summed E-state index contributed by atoms with van der Waals surface area (Å²) in [5.41, 5.74) is 1.53. The summed E-state index contributed by atoms with van der Waals surface area (Å²) in [5, 5.41) is 3.53. The molecule has 1 amide bonds. The third-order valence-electron chi connectivity index (χ3n) is 5.71. The van der Waals surface area contributed by atoms with Crippen LogP contribution in [0.15, 0.2) is 82.0 Å². The minimum atomic E-state index is -0.973. The molecule has 2 atom stereocenters. The maximum Gasteiger partial charge on any atom is 0.344 e. The normalized spacial score (nSPS) is 18.2. The van der Waals surface area contributed by atoms with Crippen LogP contribution in [-0.2, 0) is 4.79 Å². The third kappa shape index (κ3) is 2.90. The van der Waals surface area contributed by atoms with Crippen LogP contribution in [0.3, 0.4) is 0 Å². The van der Waals surface area contributed by atoms with Crippen LogP contribution in [0.1, 0.15) is 17.0 Å². The van der Waals surface area contributed by atoms with E-state index in [4.69, 9.17) is 18.6 Å². The van der Waals surface area contributed by atoms with Crippen molar-refractivity contribution >= 4 is 22.6 Å². The summed E-state index contributed by atoms with van der Waals surface area (Å²) >= 11 is 0. The van der Waals surface area contributed by atoms with Crippen molar-refractivity contribution in [1.82, 2.24) is 0 Å². The lowest BCUT2D eigenvalue weighted by Crippen LogP contribution is -2.35. The monoisotopic (exact) mass is 427 g/mol. The molecule has 0 saturated carbocycles. The molecule has 158 valence electrons. The molecular formula is C25H17NO6. The van der Waals surface area contributed by atoms with E-state index in [-0.39, 0.29) is 12.7 Å². The molecule has 2 aliphatic rings. The summed E-state index contributed by atoms with van der Waals surface area (Å²) in [6.07, 6.45) is -0.973. The molecule has 32 heavy (non-hydrogen) atoms. The number of benzene rings is 3. The summed E-state index contributed by atoms with van der Waals surface area (Å²) in [7, 11) is 0. The quantitative estimate of drug-likeness (QED) is 0.497. The van der Waals surface area contributed by atoms with E-state index in [0.717, 1.165) is 0 Å². The highest BCUT2D eigenvalue weighted by atomic mass is 16.7. The molecule has 3 heterocycles. The zero-order chi connectivity index (χ0) is 21.7. The topological polar surface area (TPSA) is 87.0 Å². The van der Waals surface area contributed by atoms with Gasteiger partial charge in [-0.1, -0.05) is 36.4 Å². The minimum Gasteiger partial charge on any atom is -0.478 e. The standard InChI is InChI=1S/C25H17NO6/c27-24(26-15-6-2-1-3-7-15)23-20(14-10-11-18-19(12-14)30-13-29-18)21-22(32-23)16-8-4-5-9-17(16)31-25(21)28/h1-12,20,23H,13H2,(H,26,27)/t20-,23-/m0/s1. The van der Waals surface area contributed by atoms with Crippen molar-refractivity contribution in [3.05, 3.63) is 94.3 Å². The highest BCUT2D eigenvalue weighted by Gasteiger charge is 2.44.